The number of H-pyrrole nitrogens is 1. The van der Waals surface area contributed by atoms with Crippen molar-refractivity contribution >= 4 is 23.3 Å². The van der Waals surface area contributed by atoms with Crippen LogP contribution in [0.25, 0.3) is 0 Å². The van der Waals surface area contributed by atoms with Gasteiger partial charge in [0.15, 0.2) is 5.69 Å². The zero-order valence-electron chi connectivity index (χ0n) is 12.4. The third-order valence-electron chi connectivity index (χ3n) is 2.71. The number of ether oxygens (including phenoxy) is 2. The van der Waals surface area contributed by atoms with E-state index in [1.165, 1.54) is 0 Å². The molecule has 7 nitrogen and oxygen atoms in total. The van der Waals surface area contributed by atoms with Gasteiger partial charge in [0.25, 0.3) is 0 Å². The van der Waals surface area contributed by atoms with Crippen molar-refractivity contribution in [3.05, 3.63) is 33.5 Å². The second-order valence-electron chi connectivity index (χ2n) is 4.47. The number of rotatable bonds is 7. The summed E-state index contributed by atoms with van der Waals surface area (Å²) in [7, 11) is 0. The second kappa shape index (κ2) is 7.69. The Bertz CT molecular complexity index is 650. The lowest BCUT2D eigenvalue weighted by atomic mass is 10.2. The van der Waals surface area contributed by atoms with Gasteiger partial charge in [-0.2, -0.15) is 5.10 Å². The Morgan fingerprint density at radius 1 is 1.27 bits per heavy atom. The minimum atomic E-state index is -0.524. The first-order chi connectivity index (χ1) is 10.6. The van der Waals surface area contributed by atoms with Crippen LogP contribution >= 0.6 is 11.3 Å². The Morgan fingerprint density at radius 3 is 2.82 bits per heavy atom. The maximum atomic E-state index is 11.9. The second-order valence-corrected chi connectivity index (χ2v) is 5.33. The van der Waals surface area contributed by atoms with E-state index in [0.717, 1.165) is 29.9 Å². The Morgan fingerprint density at radius 2 is 2.09 bits per heavy atom. The lowest BCUT2D eigenvalue weighted by Gasteiger charge is -1.99. The van der Waals surface area contributed by atoms with E-state index in [4.69, 9.17) is 9.47 Å². The topological polar surface area (TPSA) is 94.2 Å². The van der Waals surface area contributed by atoms with Crippen molar-refractivity contribution in [1.82, 2.24) is 15.2 Å². The molecule has 0 saturated carbocycles. The molecule has 0 spiro atoms. The molecular weight excluding hydrogens is 306 g/mol. The minimum Gasteiger partial charge on any atom is -0.461 e. The average molecular weight is 323 g/mol. The summed E-state index contributed by atoms with van der Waals surface area (Å²) in [5.41, 5.74) is 1.64. The number of hydrogen-bond donors (Lipinski definition) is 1. The van der Waals surface area contributed by atoms with Gasteiger partial charge in [-0.3, -0.25) is 5.10 Å². The minimum absolute atomic E-state index is 0.00922. The molecule has 0 aliphatic carbocycles. The standard InChI is InChI=1S/C14H17N3O4S/c1-3-5-9-6-11(17-16-9)13(18)21-7-10-8-22-12(15-10)14(19)20-4-2/h6,8H,3-5,7H2,1-2H3,(H,16,17). The Labute approximate surface area is 131 Å². The normalized spacial score (nSPS) is 10.5. The lowest BCUT2D eigenvalue weighted by Crippen LogP contribution is -2.07. The molecule has 2 rings (SSSR count). The molecule has 1 N–H and O–H groups in total. The number of aromatic nitrogens is 3. The number of nitrogens with one attached hydrogen (secondary N) is 1. The molecule has 2 aromatic rings. The van der Waals surface area contributed by atoms with Crippen molar-refractivity contribution in [2.24, 2.45) is 0 Å². The van der Waals surface area contributed by atoms with Gasteiger partial charge in [-0.25, -0.2) is 14.6 Å². The summed E-state index contributed by atoms with van der Waals surface area (Å²) >= 11 is 1.16. The van der Waals surface area contributed by atoms with Crippen LogP contribution in [0.2, 0.25) is 0 Å². The van der Waals surface area contributed by atoms with Gasteiger partial charge < -0.3 is 9.47 Å². The van der Waals surface area contributed by atoms with E-state index in [1.807, 2.05) is 6.92 Å². The molecule has 8 heteroatoms. The molecule has 0 aromatic carbocycles. The third-order valence-corrected chi connectivity index (χ3v) is 3.58. The summed E-state index contributed by atoms with van der Waals surface area (Å²) in [6.45, 7) is 4.06. The molecule has 0 amide bonds. The number of hydrogen-bond acceptors (Lipinski definition) is 7. The Balaban J connectivity index is 1.89. The number of aryl methyl sites for hydroxylation is 1. The zero-order valence-corrected chi connectivity index (χ0v) is 13.2. The number of thiazole rings is 1. The summed E-state index contributed by atoms with van der Waals surface area (Å²) in [6, 6.07) is 1.68. The first kappa shape index (κ1) is 16.2. The smallest absolute Gasteiger partial charge is 0.367 e. The van der Waals surface area contributed by atoms with Crippen molar-refractivity contribution in [2.45, 2.75) is 33.3 Å². The molecule has 0 aliphatic rings. The Hall–Kier alpha value is -2.22. The first-order valence-electron chi connectivity index (χ1n) is 6.97. The predicted molar refractivity (Wildman–Crippen MR) is 79.8 cm³/mol. The summed E-state index contributed by atoms with van der Waals surface area (Å²) in [5, 5.41) is 8.61. The monoisotopic (exact) mass is 323 g/mol. The first-order valence-corrected chi connectivity index (χ1v) is 7.85. The molecule has 0 atom stereocenters. The maximum absolute atomic E-state index is 11.9. The molecule has 0 unspecified atom stereocenters. The molecule has 2 heterocycles. The molecule has 118 valence electrons. The van der Waals surface area contributed by atoms with E-state index in [2.05, 4.69) is 15.2 Å². The van der Waals surface area contributed by atoms with Crippen molar-refractivity contribution in [3.8, 4) is 0 Å². The van der Waals surface area contributed by atoms with Crippen molar-refractivity contribution < 1.29 is 19.1 Å². The molecule has 0 radical (unpaired) electrons. The van der Waals surface area contributed by atoms with Gasteiger partial charge >= 0.3 is 11.9 Å². The summed E-state index contributed by atoms with van der Waals surface area (Å²) in [6.07, 6.45) is 1.79. The fourth-order valence-corrected chi connectivity index (χ4v) is 2.43. The molecule has 22 heavy (non-hydrogen) atoms. The fraction of sp³-hybridized carbons (Fsp3) is 0.429. The molecule has 0 bridgehead atoms. The molecular formula is C14H17N3O4S. The summed E-state index contributed by atoms with van der Waals surface area (Å²) in [5.74, 6) is -0.995. The van der Waals surface area contributed by atoms with Crippen LogP contribution in [0.5, 0.6) is 0 Å². The Kier molecular flexibility index (Phi) is 5.65. The molecule has 2 aromatic heterocycles. The SMILES string of the molecule is CCCc1cc(C(=O)OCc2csc(C(=O)OCC)n2)n[nH]1. The zero-order chi connectivity index (χ0) is 15.9. The van der Waals surface area contributed by atoms with E-state index in [9.17, 15) is 9.59 Å². The van der Waals surface area contributed by atoms with Gasteiger partial charge in [0.2, 0.25) is 5.01 Å². The summed E-state index contributed by atoms with van der Waals surface area (Å²) < 4.78 is 9.98. The average Bonchev–Trinajstić information content (AvgIpc) is 3.14. The number of carbonyl (C=O) groups is 2. The highest BCUT2D eigenvalue weighted by atomic mass is 32.1. The van der Waals surface area contributed by atoms with Gasteiger partial charge in [0.05, 0.1) is 12.3 Å². The van der Waals surface area contributed by atoms with Crippen LogP contribution in [0.3, 0.4) is 0 Å². The van der Waals surface area contributed by atoms with Crippen molar-refractivity contribution in [3.63, 3.8) is 0 Å². The van der Waals surface area contributed by atoms with E-state index in [0.29, 0.717) is 12.3 Å². The van der Waals surface area contributed by atoms with E-state index >= 15 is 0 Å². The number of esters is 2. The van der Waals surface area contributed by atoms with Gasteiger partial charge in [0.1, 0.15) is 6.61 Å². The molecule has 0 saturated heterocycles. The highest BCUT2D eigenvalue weighted by Crippen LogP contribution is 2.13. The van der Waals surface area contributed by atoms with Crippen LogP contribution in [-0.2, 0) is 22.5 Å². The van der Waals surface area contributed by atoms with E-state index in [-0.39, 0.29) is 17.3 Å². The molecule has 0 fully saturated rings. The lowest BCUT2D eigenvalue weighted by molar-refractivity contribution is 0.0461. The van der Waals surface area contributed by atoms with Crippen molar-refractivity contribution in [2.75, 3.05) is 6.61 Å². The van der Waals surface area contributed by atoms with Crippen molar-refractivity contribution in [1.29, 1.82) is 0 Å². The van der Waals surface area contributed by atoms with Crippen LogP contribution in [0.1, 0.15) is 51.9 Å². The van der Waals surface area contributed by atoms with Gasteiger partial charge in [-0.05, 0) is 19.4 Å². The van der Waals surface area contributed by atoms with Crippen LogP contribution in [0, 0.1) is 0 Å². The largest absolute Gasteiger partial charge is 0.461 e. The van der Waals surface area contributed by atoms with E-state index < -0.39 is 11.9 Å². The number of aromatic amines is 1. The maximum Gasteiger partial charge on any atom is 0.367 e. The van der Waals surface area contributed by atoms with Crippen LogP contribution in [-0.4, -0.2) is 33.7 Å². The van der Waals surface area contributed by atoms with Crippen LogP contribution < -0.4 is 0 Å². The van der Waals surface area contributed by atoms with Crippen LogP contribution in [0.4, 0.5) is 0 Å². The highest BCUT2D eigenvalue weighted by Gasteiger charge is 2.15. The quantitative estimate of drug-likeness (QED) is 0.786. The predicted octanol–water partition coefficient (Wildman–Crippen LogP) is 2.35. The summed E-state index contributed by atoms with van der Waals surface area (Å²) in [4.78, 5) is 27.4. The van der Waals surface area contributed by atoms with E-state index in [1.54, 1.807) is 18.4 Å². The molecule has 0 aliphatic heterocycles. The number of nitrogens with zero attached hydrogens (tertiary/aromatic N) is 2. The fourth-order valence-electron chi connectivity index (χ4n) is 1.74. The van der Waals surface area contributed by atoms with Gasteiger partial charge in [-0.1, -0.05) is 13.3 Å². The van der Waals surface area contributed by atoms with Crippen LogP contribution in [0.15, 0.2) is 11.4 Å². The van der Waals surface area contributed by atoms with Gasteiger partial charge in [0, 0.05) is 11.1 Å². The number of carbonyl (C=O) groups excluding carboxylic acids is 2. The highest BCUT2D eigenvalue weighted by molar-refractivity contribution is 7.11. The third kappa shape index (κ3) is 4.14. The van der Waals surface area contributed by atoms with Gasteiger partial charge in [-0.15, -0.1) is 11.3 Å².